The first kappa shape index (κ1) is 38.2. The first-order chi connectivity index (χ1) is 24.3. The maximum Gasteiger partial charge on any atom is 0.437 e. The lowest BCUT2D eigenvalue weighted by Crippen LogP contribution is -2.47. The summed E-state index contributed by atoms with van der Waals surface area (Å²) >= 11 is 6.21. The van der Waals surface area contributed by atoms with Gasteiger partial charge in [-0.25, -0.2) is 19.1 Å². The van der Waals surface area contributed by atoms with Gasteiger partial charge in [0, 0.05) is 17.8 Å². The van der Waals surface area contributed by atoms with Crippen molar-refractivity contribution in [3.05, 3.63) is 76.6 Å². The summed E-state index contributed by atoms with van der Waals surface area (Å²) in [6.45, 7) is 7.45. The van der Waals surface area contributed by atoms with Gasteiger partial charge in [0.15, 0.2) is 0 Å². The molecule has 3 aromatic rings. The molecule has 0 radical (unpaired) electrons. The molecule has 1 saturated carbocycles. The van der Waals surface area contributed by atoms with Crippen LogP contribution < -0.4 is 10.6 Å². The molecule has 1 unspecified atom stereocenters. The molecule has 0 bridgehead atoms. The Morgan fingerprint density at radius 2 is 1.77 bits per heavy atom. The molecule has 16 heteroatoms. The van der Waals surface area contributed by atoms with Gasteiger partial charge in [0.1, 0.15) is 17.7 Å². The van der Waals surface area contributed by atoms with Crippen molar-refractivity contribution in [3.8, 4) is 11.1 Å². The van der Waals surface area contributed by atoms with Crippen molar-refractivity contribution in [2.75, 3.05) is 6.61 Å². The van der Waals surface area contributed by atoms with Crippen molar-refractivity contribution < 1.29 is 42.5 Å². The quantitative estimate of drug-likeness (QED) is 0.194. The predicted molar refractivity (Wildman–Crippen MR) is 187 cm³/mol. The van der Waals surface area contributed by atoms with Crippen LogP contribution in [-0.2, 0) is 19.8 Å². The summed E-state index contributed by atoms with van der Waals surface area (Å²) in [5.74, 6) is -2.15. The number of aliphatic imine (C=N–C) groups is 1. The van der Waals surface area contributed by atoms with Gasteiger partial charge in [-0.05, 0) is 74.3 Å². The lowest BCUT2D eigenvalue weighted by atomic mass is 9.75. The fourth-order valence-electron chi connectivity index (χ4n) is 5.93. The van der Waals surface area contributed by atoms with Crippen LogP contribution in [0.3, 0.4) is 0 Å². The minimum Gasteiger partial charge on any atom is -0.478 e. The van der Waals surface area contributed by atoms with Gasteiger partial charge in [0.05, 0.1) is 22.8 Å². The number of benzene rings is 2. The van der Waals surface area contributed by atoms with Gasteiger partial charge in [-0.1, -0.05) is 62.7 Å². The monoisotopic (exact) mass is 742 g/mol. The number of hydrogen-bond acceptors (Lipinski definition) is 7. The molecule has 1 saturated heterocycles. The van der Waals surface area contributed by atoms with Crippen LogP contribution in [0.15, 0.2) is 59.9 Å². The Labute approximate surface area is 304 Å². The number of carboxylic acids is 1. The van der Waals surface area contributed by atoms with Gasteiger partial charge >= 0.3 is 24.7 Å². The van der Waals surface area contributed by atoms with Crippen molar-refractivity contribution >= 4 is 41.6 Å². The molecule has 52 heavy (non-hydrogen) atoms. The zero-order valence-electron chi connectivity index (χ0n) is 29.6. The zero-order chi connectivity index (χ0) is 38.2. The van der Waals surface area contributed by atoms with Crippen LogP contribution in [0.5, 0.6) is 0 Å². The van der Waals surface area contributed by atoms with Crippen LogP contribution in [0.4, 0.5) is 18.4 Å². The number of alkyl halides is 2. The van der Waals surface area contributed by atoms with E-state index in [1.165, 1.54) is 35.5 Å². The molecule has 1 aromatic heterocycles. The van der Waals surface area contributed by atoms with E-state index in [0.717, 1.165) is 12.8 Å². The number of guanidine groups is 1. The smallest absolute Gasteiger partial charge is 0.437 e. The maximum atomic E-state index is 15.2. The van der Waals surface area contributed by atoms with Gasteiger partial charge in [-0.3, -0.25) is 9.69 Å². The summed E-state index contributed by atoms with van der Waals surface area (Å²) in [5, 5.41) is 19.5. The molecular weight excluding hydrogens is 702 g/mol. The highest BCUT2D eigenvalue weighted by Gasteiger charge is 2.55. The molecular formula is C36H41ClF2N6O7. The number of halogens is 3. The Morgan fingerprint density at radius 3 is 2.33 bits per heavy atom. The summed E-state index contributed by atoms with van der Waals surface area (Å²) < 4.78 is 38.1. The number of nitrogens with zero attached hydrogens (tertiary/aromatic N) is 4. The SMILES string of the molecule is CC(C)(C)C[C@]1(c2ccc(-c3cnn(C(F)F)c3)cc2)NC(=NC(=O)OC(C)(C)C)N(C(COC(=O)NC2CC2)c2ccc(Cl)c(C(=O)O)c2)C1=O. The average Bonchev–Trinajstić information content (AvgIpc) is 3.62. The number of carbonyl (C=O) groups excluding carboxylic acids is 3. The molecule has 1 aliphatic heterocycles. The largest absolute Gasteiger partial charge is 0.478 e. The van der Waals surface area contributed by atoms with Crippen LogP contribution in [0.25, 0.3) is 11.1 Å². The van der Waals surface area contributed by atoms with E-state index in [1.54, 1.807) is 45.0 Å². The van der Waals surface area contributed by atoms with E-state index < -0.39 is 59.8 Å². The van der Waals surface area contributed by atoms with E-state index in [-0.39, 0.29) is 34.6 Å². The Hall–Kier alpha value is -5.05. The number of carbonyl (C=O) groups is 4. The van der Waals surface area contributed by atoms with Crippen molar-refractivity contribution in [3.63, 3.8) is 0 Å². The van der Waals surface area contributed by atoms with E-state index >= 15 is 4.79 Å². The summed E-state index contributed by atoms with van der Waals surface area (Å²) in [7, 11) is 0. The number of rotatable bonds is 10. The zero-order valence-corrected chi connectivity index (χ0v) is 30.3. The number of carboxylic acid groups (broad SMARTS) is 1. The molecule has 1 aliphatic carbocycles. The fourth-order valence-corrected chi connectivity index (χ4v) is 6.13. The molecule has 2 atom stereocenters. The highest BCUT2D eigenvalue weighted by atomic mass is 35.5. The van der Waals surface area contributed by atoms with Crippen LogP contribution >= 0.6 is 11.6 Å². The van der Waals surface area contributed by atoms with Crippen molar-refractivity contribution in [2.45, 2.75) is 90.6 Å². The number of alkyl carbamates (subject to hydrolysis) is 1. The van der Waals surface area contributed by atoms with Gasteiger partial charge < -0.3 is 25.2 Å². The van der Waals surface area contributed by atoms with Crippen LogP contribution in [-0.4, -0.2) is 68.1 Å². The molecule has 5 rings (SSSR count). The lowest BCUT2D eigenvalue weighted by molar-refractivity contribution is -0.134. The summed E-state index contributed by atoms with van der Waals surface area (Å²) in [4.78, 5) is 58.7. The number of amides is 3. The van der Waals surface area contributed by atoms with Crippen LogP contribution in [0, 0.1) is 5.41 Å². The van der Waals surface area contributed by atoms with Crippen LogP contribution in [0.1, 0.15) is 94.9 Å². The Balaban J connectivity index is 1.66. The second-order valence-corrected chi connectivity index (χ2v) is 15.4. The van der Waals surface area contributed by atoms with E-state index in [2.05, 4.69) is 20.7 Å². The Morgan fingerprint density at radius 1 is 1.10 bits per heavy atom. The standard InChI is InChI=1S/C36H41ClF2N6O7/c1-34(2,3)19-36(23-10-7-20(8-11-23)22-16-40-44(17-22)30(38)39)29(48)45(31(43-36)42-33(50)52-35(4,5)6)27(18-51-32(49)41-24-12-13-24)21-9-14-26(37)25(15-21)28(46)47/h7-11,14-17,24,27,30H,12-13,18-19H2,1-6H3,(H,41,49)(H,46,47)(H,42,43,50)/t27?,36-/m1/s1. The van der Waals surface area contributed by atoms with Crippen molar-refractivity contribution in [1.82, 2.24) is 25.3 Å². The number of nitrogens with one attached hydrogen (secondary N) is 2. The molecule has 0 spiro atoms. The minimum atomic E-state index is -2.82. The van der Waals surface area contributed by atoms with E-state index in [4.69, 9.17) is 21.1 Å². The second kappa shape index (κ2) is 14.5. The third kappa shape index (κ3) is 8.87. The molecule has 3 amide bonds. The minimum absolute atomic E-state index is 0.0356. The predicted octanol–water partition coefficient (Wildman–Crippen LogP) is 7.28. The van der Waals surface area contributed by atoms with Gasteiger partial charge in [-0.15, -0.1) is 4.99 Å². The molecule has 2 aliphatic rings. The highest BCUT2D eigenvalue weighted by Crippen LogP contribution is 2.43. The fraction of sp³-hybridized carbons (Fsp3) is 0.444. The van der Waals surface area contributed by atoms with Crippen molar-refractivity contribution in [1.29, 1.82) is 0 Å². The molecule has 3 N–H and O–H groups in total. The Bertz CT molecular complexity index is 1880. The molecule has 13 nitrogen and oxygen atoms in total. The number of aromatic nitrogens is 2. The summed E-state index contributed by atoms with van der Waals surface area (Å²) in [5.41, 5.74) is -1.65. The lowest BCUT2D eigenvalue weighted by Gasteiger charge is -2.35. The molecule has 2 fully saturated rings. The molecule has 2 heterocycles. The number of hydrogen-bond donors (Lipinski definition) is 3. The van der Waals surface area contributed by atoms with Gasteiger partial charge in [0.25, 0.3) is 5.91 Å². The second-order valence-electron chi connectivity index (χ2n) is 15.0. The van der Waals surface area contributed by atoms with E-state index in [9.17, 15) is 28.3 Å². The van der Waals surface area contributed by atoms with Gasteiger partial charge in [0.2, 0.25) is 5.96 Å². The third-order valence-corrected chi connectivity index (χ3v) is 8.55. The first-order valence-electron chi connectivity index (χ1n) is 16.6. The Kier molecular flexibility index (Phi) is 10.7. The molecule has 2 aromatic carbocycles. The van der Waals surface area contributed by atoms with Crippen molar-refractivity contribution in [2.24, 2.45) is 10.4 Å². The van der Waals surface area contributed by atoms with Crippen LogP contribution in [0.2, 0.25) is 5.02 Å². The summed E-state index contributed by atoms with van der Waals surface area (Å²) in [6, 6.07) is 9.54. The van der Waals surface area contributed by atoms with Gasteiger partial charge in [-0.2, -0.15) is 13.9 Å². The normalized spacial score (nSPS) is 19.1. The third-order valence-electron chi connectivity index (χ3n) is 8.22. The average molecular weight is 743 g/mol. The number of aromatic carboxylic acids is 1. The summed E-state index contributed by atoms with van der Waals surface area (Å²) in [6.07, 6.45) is 2.50. The van der Waals surface area contributed by atoms with E-state index in [1.807, 2.05) is 20.8 Å². The first-order valence-corrected chi connectivity index (χ1v) is 17.0. The van der Waals surface area contributed by atoms with E-state index in [0.29, 0.717) is 21.4 Å². The number of ether oxygens (including phenoxy) is 2. The molecule has 278 valence electrons. The topological polar surface area (TPSA) is 164 Å². The maximum absolute atomic E-state index is 15.2. The highest BCUT2D eigenvalue weighted by molar-refractivity contribution is 6.33.